The van der Waals surface area contributed by atoms with E-state index >= 15 is 0 Å². The van der Waals surface area contributed by atoms with Crippen molar-refractivity contribution in [1.82, 2.24) is 15.0 Å². The van der Waals surface area contributed by atoms with E-state index in [1.165, 1.54) is 12.8 Å². The Bertz CT molecular complexity index is 540. The second-order valence-corrected chi connectivity index (χ2v) is 4.80. The van der Waals surface area contributed by atoms with Crippen molar-refractivity contribution in [3.63, 3.8) is 0 Å². The van der Waals surface area contributed by atoms with Gasteiger partial charge in [0.05, 0.1) is 0 Å². The van der Waals surface area contributed by atoms with Crippen LogP contribution in [0.1, 0.15) is 30.1 Å². The maximum Gasteiger partial charge on any atom is 0.135 e. The number of nitrogens with zero attached hydrogens (tertiary/aromatic N) is 3. The summed E-state index contributed by atoms with van der Waals surface area (Å²) < 4.78 is 0. The second-order valence-electron chi connectivity index (χ2n) is 4.42. The molecule has 2 aromatic heterocycles. The van der Waals surface area contributed by atoms with Crippen molar-refractivity contribution in [2.24, 2.45) is 0 Å². The van der Waals surface area contributed by atoms with E-state index < -0.39 is 0 Å². The first-order chi connectivity index (χ1) is 8.81. The largest absolute Gasteiger partial charge is 0.366 e. The topological polar surface area (TPSA) is 50.7 Å². The molecule has 5 heteroatoms. The van der Waals surface area contributed by atoms with Gasteiger partial charge in [0.25, 0.3) is 0 Å². The standard InChI is InChI=1S/C13H13ClN4/c14-11-7-12(18-13(17-11)10-1-2-10)16-8-9-3-5-15-6-4-9/h3-7,10H,1-2,8H2,(H,16,17,18). The SMILES string of the molecule is Clc1cc(NCc2ccncc2)nc(C2CC2)n1. The van der Waals surface area contributed by atoms with Gasteiger partial charge < -0.3 is 5.32 Å². The van der Waals surface area contributed by atoms with Crippen LogP contribution in [-0.4, -0.2) is 15.0 Å². The minimum absolute atomic E-state index is 0.504. The molecule has 18 heavy (non-hydrogen) atoms. The van der Waals surface area contributed by atoms with Gasteiger partial charge >= 0.3 is 0 Å². The summed E-state index contributed by atoms with van der Waals surface area (Å²) in [7, 11) is 0. The third-order valence-corrected chi connectivity index (χ3v) is 3.07. The molecule has 0 bridgehead atoms. The molecule has 0 unspecified atom stereocenters. The number of rotatable bonds is 4. The highest BCUT2D eigenvalue weighted by Crippen LogP contribution is 2.38. The van der Waals surface area contributed by atoms with Gasteiger partial charge in [-0.25, -0.2) is 9.97 Å². The third kappa shape index (κ3) is 2.76. The lowest BCUT2D eigenvalue weighted by Gasteiger charge is -2.07. The number of anilines is 1. The number of nitrogens with one attached hydrogen (secondary N) is 1. The van der Waals surface area contributed by atoms with Crippen molar-refractivity contribution < 1.29 is 0 Å². The van der Waals surface area contributed by atoms with Crippen LogP contribution < -0.4 is 5.32 Å². The van der Waals surface area contributed by atoms with Crippen LogP contribution >= 0.6 is 11.6 Å². The van der Waals surface area contributed by atoms with Gasteiger partial charge in [-0.05, 0) is 30.5 Å². The number of aromatic nitrogens is 3. The van der Waals surface area contributed by atoms with Crippen LogP contribution in [0.25, 0.3) is 0 Å². The van der Waals surface area contributed by atoms with Gasteiger partial charge in [0.2, 0.25) is 0 Å². The summed E-state index contributed by atoms with van der Waals surface area (Å²) in [5.41, 5.74) is 1.16. The van der Waals surface area contributed by atoms with E-state index in [1.807, 2.05) is 12.1 Å². The van der Waals surface area contributed by atoms with Gasteiger partial charge in [0, 0.05) is 30.9 Å². The average molecular weight is 261 g/mol. The van der Waals surface area contributed by atoms with Gasteiger partial charge in [-0.2, -0.15) is 0 Å². The first-order valence-electron chi connectivity index (χ1n) is 5.98. The molecule has 0 radical (unpaired) electrons. The highest BCUT2D eigenvalue weighted by Gasteiger charge is 2.27. The molecule has 1 aliphatic carbocycles. The first kappa shape index (κ1) is 11.4. The highest BCUT2D eigenvalue weighted by molar-refractivity contribution is 6.29. The van der Waals surface area contributed by atoms with Crippen LogP contribution in [0.5, 0.6) is 0 Å². The second kappa shape index (κ2) is 4.90. The normalized spacial score (nSPS) is 14.5. The van der Waals surface area contributed by atoms with Crippen molar-refractivity contribution in [2.75, 3.05) is 5.32 Å². The predicted octanol–water partition coefficient (Wildman–Crippen LogP) is 3.01. The van der Waals surface area contributed by atoms with Crippen molar-refractivity contribution in [2.45, 2.75) is 25.3 Å². The predicted molar refractivity (Wildman–Crippen MR) is 70.6 cm³/mol. The molecule has 0 aliphatic heterocycles. The zero-order chi connectivity index (χ0) is 12.4. The summed E-state index contributed by atoms with van der Waals surface area (Å²) in [5, 5.41) is 3.77. The van der Waals surface area contributed by atoms with E-state index in [9.17, 15) is 0 Å². The maximum atomic E-state index is 6.00. The Morgan fingerprint density at radius 1 is 1.22 bits per heavy atom. The smallest absolute Gasteiger partial charge is 0.135 e. The van der Waals surface area contributed by atoms with Crippen molar-refractivity contribution in [1.29, 1.82) is 0 Å². The molecule has 2 heterocycles. The monoisotopic (exact) mass is 260 g/mol. The maximum absolute atomic E-state index is 6.00. The highest BCUT2D eigenvalue weighted by atomic mass is 35.5. The lowest BCUT2D eigenvalue weighted by molar-refractivity contribution is 0.921. The molecule has 0 saturated heterocycles. The van der Waals surface area contributed by atoms with Gasteiger partial charge in [-0.1, -0.05) is 11.6 Å². The Kier molecular flexibility index (Phi) is 3.11. The number of halogens is 1. The molecular weight excluding hydrogens is 248 g/mol. The van der Waals surface area contributed by atoms with Gasteiger partial charge in [0.15, 0.2) is 0 Å². The van der Waals surface area contributed by atoms with Crippen LogP contribution in [0.15, 0.2) is 30.6 Å². The summed E-state index contributed by atoms with van der Waals surface area (Å²) in [6.07, 6.45) is 5.90. The number of pyridine rings is 1. The lowest BCUT2D eigenvalue weighted by atomic mass is 10.3. The first-order valence-corrected chi connectivity index (χ1v) is 6.36. The van der Waals surface area contributed by atoms with Crippen LogP contribution in [0.4, 0.5) is 5.82 Å². The average Bonchev–Trinajstić information content (AvgIpc) is 3.21. The van der Waals surface area contributed by atoms with E-state index in [-0.39, 0.29) is 0 Å². The number of hydrogen-bond acceptors (Lipinski definition) is 4. The summed E-state index contributed by atoms with van der Waals surface area (Å²) in [5.74, 6) is 2.15. The molecule has 0 atom stereocenters. The molecule has 1 N–H and O–H groups in total. The summed E-state index contributed by atoms with van der Waals surface area (Å²) in [6.45, 7) is 0.708. The lowest BCUT2D eigenvalue weighted by Crippen LogP contribution is -2.04. The summed E-state index contributed by atoms with van der Waals surface area (Å²) in [6, 6.07) is 5.70. The Balaban J connectivity index is 1.72. The van der Waals surface area contributed by atoms with Crippen molar-refractivity contribution in [3.05, 3.63) is 47.1 Å². The molecule has 1 fully saturated rings. The zero-order valence-corrected chi connectivity index (χ0v) is 10.6. The molecule has 0 aromatic carbocycles. The zero-order valence-electron chi connectivity index (χ0n) is 9.81. The van der Waals surface area contributed by atoms with Crippen LogP contribution in [0.3, 0.4) is 0 Å². The molecule has 1 saturated carbocycles. The van der Waals surface area contributed by atoms with Gasteiger partial charge in [-0.15, -0.1) is 0 Å². The molecule has 2 aromatic rings. The minimum atomic E-state index is 0.504. The third-order valence-electron chi connectivity index (χ3n) is 2.88. The van der Waals surface area contributed by atoms with Crippen molar-refractivity contribution in [3.8, 4) is 0 Å². The Labute approximate surface area is 110 Å². The fraction of sp³-hybridized carbons (Fsp3) is 0.308. The van der Waals surface area contributed by atoms with E-state index in [0.29, 0.717) is 17.6 Å². The quantitative estimate of drug-likeness (QED) is 0.859. The van der Waals surface area contributed by atoms with Crippen molar-refractivity contribution >= 4 is 17.4 Å². The Hall–Kier alpha value is -1.68. The van der Waals surface area contributed by atoms with E-state index in [2.05, 4.69) is 20.3 Å². The molecule has 1 aliphatic rings. The number of hydrogen-bond donors (Lipinski definition) is 1. The molecular formula is C13H13ClN4. The van der Waals surface area contributed by atoms with Gasteiger partial charge in [0.1, 0.15) is 16.8 Å². The van der Waals surface area contributed by atoms with Crippen LogP contribution in [-0.2, 0) is 6.54 Å². The van der Waals surface area contributed by atoms with Crippen LogP contribution in [0.2, 0.25) is 5.15 Å². The Morgan fingerprint density at radius 2 is 2.00 bits per heavy atom. The Morgan fingerprint density at radius 3 is 2.72 bits per heavy atom. The molecule has 0 spiro atoms. The molecule has 92 valence electrons. The fourth-order valence-corrected chi connectivity index (χ4v) is 1.93. The van der Waals surface area contributed by atoms with E-state index in [1.54, 1.807) is 18.5 Å². The molecule has 0 amide bonds. The molecule has 4 nitrogen and oxygen atoms in total. The summed E-state index contributed by atoms with van der Waals surface area (Å²) >= 11 is 6.00. The van der Waals surface area contributed by atoms with E-state index in [4.69, 9.17) is 11.6 Å². The summed E-state index contributed by atoms with van der Waals surface area (Å²) in [4.78, 5) is 12.7. The molecule has 3 rings (SSSR count). The van der Waals surface area contributed by atoms with Gasteiger partial charge in [-0.3, -0.25) is 4.98 Å². The van der Waals surface area contributed by atoms with E-state index in [0.717, 1.165) is 17.2 Å². The van der Waals surface area contributed by atoms with Crippen LogP contribution in [0, 0.1) is 0 Å². The fourth-order valence-electron chi connectivity index (χ4n) is 1.74. The minimum Gasteiger partial charge on any atom is -0.366 e.